The Balaban J connectivity index is 1.64. The van der Waals surface area contributed by atoms with Crippen LogP contribution in [-0.2, 0) is 11.2 Å². The van der Waals surface area contributed by atoms with Crippen LogP contribution < -0.4 is 4.74 Å². The van der Waals surface area contributed by atoms with E-state index in [1.807, 2.05) is 15.7 Å². The summed E-state index contributed by atoms with van der Waals surface area (Å²) in [5.74, 6) is -0.216. The lowest BCUT2D eigenvalue weighted by molar-refractivity contribution is -0.132. The Morgan fingerprint density at radius 3 is 3.04 bits per heavy atom. The lowest BCUT2D eigenvalue weighted by Gasteiger charge is -2.33. The number of nitrogens with zero attached hydrogens (tertiary/aromatic N) is 3. The van der Waals surface area contributed by atoms with Crippen molar-refractivity contribution in [1.29, 1.82) is 0 Å². The van der Waals surface area contributed by atoms with Crippen LogP contribution in [0, 0.1) is 5.82 Å². The zero-order chi connectivity index (χ0) is 16.2. The second-order valence-corrected chi connectivity index (χ2v) is 5.79. The number of imidazole rings is 1. The predicted molar refractivity (Wildman–Crippen MR) is 83.7 cm³/mol. The second kappa shape index (κ2) is 6.81. The minimum absolute atomic E-state index is 0.0272. The third kappa shape index (κ3) is 3.52. The fraction of sp³-hybridized carbons (Fsp3) is 0.412. The van der Waals surface area contributed by atoms with E-state index in [2.05, 4.69) is 4.98 Å². The molecule has 1 atom stereocenters. The molecule has 1 saturated heterocycles. The molecule has 2 aromatic rings. The average molecular weight is 317 g/mol. The molecular formula is C17H20FN3O2. The molecule has 5 nitrogen and oxygen atoms in total. The summed E-state index contributed by atoms with van der Waals surface area (Å²) in [5, 5.41) is 0. The van der Waals surface area contributed by atoms with Gasteiger partial charge in [-0.3, -0.25) is 4.79 Å². The van der Waals surface area contributed by atoms with Crippen molar-refractivity contribution < 1.29 is 13.9 Å². The molecule has 1 aromatic heterocycles. The molecule has 3 rings (SSSR count). The van der Waals surface area contributed by atoms with Crippen molar-refractivity contribution in [2.24, 2.45) is 0 Å². The highest BCUT2D eigenvalue weighted by molar-refractivity contribution is 5.79. The Hall–Kier alpha value is -2.37. The SMILES string of the molecule is COc1ccc(CC(=O)N2CCC[C@@H](n3ccnc3)C2)cc1F. The standard InChI is InChI=1S/C17H20FN3O2/c1-23-16-5-4-13(9-15(16)18)10-17(22)20-7-2-3-14(11-20)21-8-6-19-12-21/h4-6,8-9,12,14H,2-3,7,10-11H2,1H3/t14-/m1/s1. The number of methoxy groups -OCH3 is 1. The third-order valence-electron chi connectivity index (χ3n) is 4.27. The minimum Gasteiger partial charge on any atom is -0.494 e. The van der Waals surface area contributed by atoms with Crippen LogP contribution in [0.5, 0.6) is 5.75 Å². The van der Waals surface area contributed by atoms with Gasteiger partial charge in [0.2, 0.25) is 5.91 Å². The first-order valence-electron chi connectivity index (χ1n) is 7.75. The van der Waals surface area contributed by atoms with E-state index in [0.29, 0.717) is 12.1 Å². The van der Waals surface area contributed by atoms with E-state index in [4.69, 9.17) is 4.74 Å². The quantitative estimate of drug-likeness (QED) is 0.870. The third-order valence-corrected chi connectivity index (χ3v) is 4.27. The van der Waals surface area contributed by atoms with Crippen molar-refractivity contribution in [3.8, 4) is 5.75 Å². The molecular weight excluding hydrogens is 297 g/mol. The Morgan fingerprint density at radius 1 is 1.48 bits per heavy atom. The van der Waals surface area contributed by atoms with Gasteiger partial charge in [0.1, 0.15) is 0 Å². The van der Waals surface area contributed by atoms with Crippen LogP contribution in [0.25, 0.3) is 0 Å². The second-order valence-electron chi connectivity index (χ2n) is 5.79. The van der Waals surface area contributed by atoms with Crippen LogP contribution >= 0.6 is 0 Å². The monoisotopic (exact) mass is 317 g/mol. The molecule has 23 heavy (non-hydrogen) atoms. The first kappa shape index (κ1) is 15.5. The zero-order valence-corrected chi connectivity index (χ0v) is 13.1. The van der Waals surface area contributed by atoms with Crippen LogP contribution in [0.2, 0.25) is 0 Å². The van der Waals surface area contributed by atoms with Gasteiger partial charge in [0.05, 0.1) is 25.9 Å². The van der Waals surface area contributed by atoms with Crippen molar-refractivity contribution in [3.63, 3.8) is 0 Å². The summed E-state index contributed by atoms with van der Waals surface area (Å²) in [5.41, 5.74) is 0.665. The molecule has 2 heterocycles. The van der Waals surface area contributed by atoms with Crippen molar-refractivity contribution >= 4 is 5.91 Å². The number of carbonyl (C=O) groups is 1. The number of benzene rings is 1. The summed E-state index contributed by atoms with van der Waals surface area (Å²) in [6.45, 7) is 1.43. The van der Waals surface area contributed by atoms with E-state index < -0.39 is 5.82 Å². The molecule has 1 aliphatic heterocycles. The van der Waals surface area contributed by atoms with E-state index in [1.165, 1.54) is 13.2 Å². The van der Waals surface area contributed by atoms with Gasteiger partial charge in [-0.2, -0.15) is 0 Å². The van der Waals surface area contributed by atoms with Crippen molar-refractivity contribution in [1.82, 2.24) is 14.5 Å². The van der Waals surface area contributed by atoms with E-state index in [0.717, 1.165) is 19.4 Å². The van der Waals surface area contributed by atoms with Gasteiger partial charge >= 0.3 is 0 Å². The highest BCUT2D eigenvalue weighted by atomic mass is 19.1. The number of hydrogen-bond donors (Lipinski definition) is 0. The summed E-state index contributed by atoms with van der Waals surface area (Å²) >= 11 is 0. The Morgan fingerprint density at radius 2 is 2.35 bits per heavy atom. The maximum Gasteiger partial charge on any atom is 0.227 e. The lowest BCUT2D eigenvalue weighted by atomic mass is 10.0. The molecule has 1 aromatic carbocycles. The molecule has 1 aliphatic rings. The topological polar surface area (TPSA) is 47.4 Å². The van der Waals surface area contributed by atoms with Crippen LogP contribution in [0.4, 0.5) is 4.39 Å². The summed E-state index contributed by atoms with van der Waals surface area (Å²) < 4.78 is 20.7. The maximum absolute atomic E-state index is 13.7. The summed E-state index contributed by atoms with van der Waals surface area (Å²) in [4.78, 5) is 18.4. The highest BCUT2D eigenvalue weighted by Crippen LogP contribution is 2.23. The van der Waals surface area contributed by atoms with Gasteiger partial charge < -0.3 is 14.2 Å². The van der Waals surface area contributed by atoms with Crippen LogP contribution in [0.3, 0.4) is 0 Å². The molecule has 0 N–H and O–H groups in total. The number of amides is 1. The van der Waals surface area contributed by atoms with Crippen molar-refractivity contribution in [2.75, 3.05) is 20.2 Å². The molecule has 1 fully saturated rings. The number of halogens is 1. The fourth-order valence-corrected chi connectivity index (χ4v) is 3.02. The van der Waals surface area contributed by atoms with Gasteiger partial charge in [-0.05, 0) is 30.5 Å². The number of ether oxygens (including phenoxy) is 1. The first-order valence-corrected chi connectivity index (χ1v) is 7.75. The van der Waals surface area contributed by atoms with E-state index in [-0.39, 0.29) is 24.1 Å². The number of aromatic nitrogens is 2. The Kier molecular flexibility index (Phi) is 4.60. The van der Waals surface area contributed by atoms with Gasteiger partial charge in [0.25, 0.3) is 0 Å². The van der Waals surface area contributed by atoms with Gasteiger partial charge in [0.15, 0.2) is 11.6 Å². The van der Waals surface area contributed by atoms with Gasteiger partial charge in [-0.15, -0.1) is 0 Å². The first-order chi connectivity index (χ1) is 11.2. The van der Waals surface area contributed by atoms with Gasteiger partial charge in [0, 0.05) is 25.5 Å². The summed E-state index contributed by atoms with van der Waals surface area (Å²) in [7, 11) is 1.42. The molecule has 1 amide bonds. The largest absolute Gasteiger partial charge is 0.494 e. The Bertz CT molecular complexity index is 672. The van der Waals surface area contributed by atoms with Gasteiger partial charge in [-0.25, -0.2) is 9.37 Å². The number of carbonyl (C=O) groups excluding carboxylic acids is 1. The molecule has 0 radical (unpaired) electrons. The van der Waals surface area contributed by atoms with Crippen LogP contribution in [0.15, 0.2) is 36.9 Å². The predicted octanol–water partition coefficient (Wildman–Crippen LogP) is 2.44. The molecule has 0 saturated carbocycles. The molecule has 0 bridgehead atoms. The average Bonchev–Trinajstić information content (AvgIpc) is 3.10. The smallest absolute Gasteiger partial charge is 0.227 e. The van der Waals surface area contributed by atoms with Gasteiger partial charge in [-0.1, -0.05) is 6.07 Å². The Labute approximate surface area is 134 Å². The number of likely N-dealkylation sites (tertiary alicyclic amines) is 1. The lowest BCUT2D eigenvalue weighted by Crippen LogP contribution is -2.41. The molecule has 0 aliphatic carbocycles. The van der Waals surface area contributed by atoms with Crippen LogP contribution in [0.1, 0.15) is 24.4 Å². The zero-order valence-electron chi connectivity index (χ0n) is 13.1. The molecule has 0 spiro atoms. The van der Waals surface area contributed by atoms with E-state index >= 15 is 0 Å². The normalized spacial score (nSPS) is 18.0. The number of piperidine rings is 1. The van der Waals surface area contributed by atoms with Crippen molar-refractivity contribution in [2.45, 2.75) is 25.3 Å². The molecule has 0 unspecified atom stereocenters. The molecule has 6 heteroatoms. The summed E-state index contributed by atoms with van der Waals surface area (Å²) in [6.07, 6.45) is 7.68. The summed E-state index contributed by atoms with van der Waals surface area (Å²) in [6, 6.07) is 4.93. The molecule has 122 valence electrons. The number of hydrogen-bond acceptors (Lipinski definition) is 3. The number of rotatable bonds is 4. The fourth-order valence-electron chi connectivity index (χ4n) is 3.02. The van der Waals surface area contributed by atoms with E-state index in [9.17, 15) is 9.18 Å². The van der Waals surface area contributed by atoms with Crippen molar-refractivity contribution in [3.05, 3.63) is 48.3 Å². The highest BCUT2D eigenvalue weighted by Gasteiger charge is 2.24. The maximum atomic E-state index is 13.7. The van der Waals surface area contributed by atoms with E-state index in [1.54, 1.807) is 24.7 Å². The minimum atomic E-state index is -0.437. The van der Waals surface area contributed by atoms with Crippen LogP contribution in [-0.4, -0.2) is 40.6 Å².